The molecule has 0 heterocycles. The van der Waals surface area contributed by atoms with Gasteiger partial charge in [0.2, 0.25) is 5.78 Å². The number of aliphatic hydroxyl groups excluding tert-OH is 1. The molecule has 26 heavy (non-hydrogen) atoms. The molecule has 3 rings (SSSR count). The summed E-state index contributed by atoms with van der Waals surface area (Å²) in [5.74, 6) is -0.813. The number of aromatic hydroxyl groups is 1. The van der Waals surface area contributed by atoms with E-state index in [1.54, 1.807) is 78.9 Å². The van der Waals surface area contributed by atoms with E-state index in [-0.39, 0.29) is 22.9 Å². The Kier molecular flexibility index (Phi) is 5.19. The van der Waals surface area contributed by atoms with Crippen molar-refractivity contribution in [3.8, 4) is 5.75 Å². The maximum atomic E-state index is 12.8. The third-order valence-electron chi connectivity index (χ3n) is 3.66. The number of hydrogen-bond donors (Lipinski definition) is 2. The lowest BCUT2D eigenvalue weighted by Crippen LogP contribution is -2.04. The second-order valence-electron chi connectivity index (χ2n) is 5.45. The molecule has 0 unspecified atom stereocenters. The number of benzene rings is 3. The summed E-state index contributed by atoms with van der Waals surface area (Å²) in [4.78, 5) is 12.8. The van der Waals surface area contributed by atoms with Gasteiger partial charge in [0.25, 0.3) is 0 Å². The van der Waals surface area contributed by atoms with Crippen LogP contribution < -0.4 is 0 Å². The summed E-state index contributed by atoms with van der Waals surface area (Å²) >= 11 is 0. The summed E-state index contributed by atoms with van der Waals surface area (Å²) in [7, 11) is 0. The third kappa shape index (κ3) is 3.84. The van der Waals surface area contributed by atoms with E-state index in [1.165, 1.54) is 6.07 Å². The normalized spacial score (nSPS) is 12.0. The largest absolute Gasteiger partial charge is 0.506 e. The number of carbonyl (C=O) groups excluding carboxylic acids is 1. The number of phenols is 1. The molecule has 0 aliphatic rings. The smallest absolute Gasteiger partial charge is 0.217 e. The molecule has 5 nitrogen and oxygen atoms in total. The molecule has 0 spiro atoms. The molecule has 3 aromatic rings. The highest BCUT2D eigenvalue weighted by Gasteiger charge is 2.18. The molecule has 0 bridgehead atoms. The Morgan fingerprint density at radius 3 is 1.88 bits per heavy atom. The van der Waals surface area contributed by atoms with E-state index in [1.807, 2.05) is 0 Å². The Morgan fingerprint density at radius 1 is 0.731 bits per heavy atom. The Morgan fingerprint density at radius 2 is 1.27 bits per heavy atom. The van der Waals surface area contributed by atoms with Crippen molar-refractivity contribution in [1.82, 2.24) is 0 Å². The van der Waals surface area contributed by atoms with Gasteiger partial charge in [-0.3, -0.25) is 4.79 Å². The van der Waals surface area contributed by atoms with Gasteiger partial charge in [-0.1, -0.05) is 72.8 Å². The minimum absolute atomic E-state index is 0.0676. The number of ketones is 1. The fraction of sp³-hybridized carbons (Fsp3) is 0. The molecule has 0 aromatic heterocycles. The van der Waals surface area contributed by atoms with Crippen molar-refractivity contribution in [3.63, 3.8) is 0 Å². The SMILES string of the molecule is O=C(/C(N=Nc1ccccc1O)=C(/O)c1ccccc1)c1ccccc1. The molecular weight excluding hydrogens is 328 g/mol. The van der Waals surface area contributed by atoms with E-state index in [0.717, 1.165) is 0 Å². The minimum Gasteiger partial charge on any atom is -0.506 e. The predicted octanol–water partition coefficient (Wildman–Crippen LogP) is 5.29. The Bertz CT molecular complexity index is 965. The first-order valence-electron chi connectivity index (χ1n) is 7.95. The minimum atomic E-state index is -0.467. The molecule has 0 aliphatic heterocycles. The van der Waals surface area contributed by atoms with Crippen molar-refractivity contribution in [2.45, 2.75) is 0 Å². The molecule has 0 saturated carbocycles. The van der Waals surface area contributed by atoms with Crippen molar-refractivity contribution in [1.29, 1.82) is 0 Å². The number of phenolic OH excluding ortho intramolecular Hbond substituents is 1. The molecule has 0 amide bonds. The molecule has 2 N–H and O–H groups in total. The van der Waals surface area contributed by atoms with Gasteiger partial charge < -0.3 is 10.2 Å². The zero-order chi connectivity index (χ0) is 18.4. The number of allylic oxidation sites excluding steroid dienone is 1. The van der Waals surface area contributed by atoms with Gasteiger partial charge in [-0.25, -0.2) is 0 Å². The molecule has 0 fully saturated rings. The standard InChI is InChI=1S/C21H16N2O3/c24-18-14-8-7-13-17(18)22-23-19(20(25)15-9-3-1-4-10-15)21(26)16-11-5-2-6-12-16/h1-14,24-25H/b20-19-,23-22?. The average molecular weight is 344 g/mol. The number of rotatable bonds is 5. The lowest BCUT2D eigenvalue weighted by Gasteiger charge is -2.06. The monoisotopic (exact) mass is 344 g/mol. The summed E-state index contributed by atoms with van der Waals surface area (Å²) in [5.41, 5.74) is 0.821. The van der Waals surface area contributed by atoms with Crippen LogP contribution in [0, 0.1) is 0 Å². The molecule has 0 saturated heterocycles. The van der Waals surface area contributed by atoms with E-state index in [0.29, 0.717) is 11.1 Å². The van der Waals surface area contributed by atoms with Crippen LogP contribution in [0.25, 0.3) is 5.76 Å². The Hall–Kier alpha value is -3.73. The van der Waals surface area contributed by atoms with Gasteiger partial charge in [0.05, 0.1) is 0 Å². The number of aliphatic hydroxyl groups is 1. The van der Waals surface area contributed by atoms with Crippen LogP contribution in [-0.4, -0.2) is 16.0 Å². The van der Waals surface area contributed by atoms with Gasteiger partial charge in [0.15, 0.2) is 11.5 Å². The summed E-state index contributed by atoms with van der Waals surface area (Å²) in [6.45, 7) is 0. The molecule has 128 valence electrons. The third-order valence-corrected chi connectivity index (χ3v) is 3.66. The van der Waals surface area contributed by atoms with Crippen molar-refractivity contribution in [2.24, 2.45) is 10.2 Å². The molecule has 3 aromatic carbocycles. The highest BCUT2D eigenvalue weighted by atomic mass is 16.3. The summed E-state index contributed by atoms with van der Waals surface area (Å²) in [6.07, 6.45) is 0. The maximum absolute atomic E-state index is 12.8. The first kappa shape index (κ1) is 17.1. The number of Topliss-reactive ketones (excluding diaryl/α,β-unsaturated/α-hetero) is 1. The number of azo groups is 1. The summed E-state index contributed by atoms with van der Waals surface area (Å²) in [6, 6.07) is 23.5. The quantitative estimate of drug-likeness (QED) is 0.286. The van der Waals surface area contributed by atoms with Crippen LogP contribution in [0.5, 0.6) is 5.75 Å². The molecule has 5 heteroatoms. The highest BCUT2D eigenvalue weighted by molar-refractivity contribution is 6.12. The van der Waals surface area contributed by atoms with Gasteiger partial charge in [-0.15, -0.1) is 10.2 Å². The van der Waals surface area contributed by atoms with E-state index in [9.17, 15) is 15.0 Å². The Labute approximate surface area is 150 Å². The summed E-state index contributed by atoms with van der Waals surface area (Å²) < 4.78 is 0. The zero-order valence-corrected chi connectivity index (χ0v) is 13.8. The fourth-order valence-corrected chi connectivity index (χ4v) is 2.31. The predicted molar refractivity (Wildman–Crippen MR) is 99.4 cm³/mol. The van der Waals surface area contributed by atoms with Crippen LogP contribution in [0.4, 0.5) is 5.69 Å². The lowest BCUT2D eigenvalue weighted by molar-refractivity contribution is 0.103. The number of carbonyl (C=O) groups is 1. The van der Waals surface area contributed by atoms with E-state index in [2.05, 4.69) is 10.2 Å². The van der Waals surface area contributed by atoms with Gasteiger partial charge in [0.1, 0.15) is 11.4 Å². The number of nitrogens with zero attached hydrogens (tertiary/aromatic N) is 2. The van der Waals surface area contributed by atoms with Gasteiger partial charge in [-0.2, -0.15) is 0 Å². The number of para-hydroxylation sites is 1. The second-order valence-corrected chi connectivity index (χ2v) is 5.45. The first-order chi connectivity index (χ1) is 12.7. The van der Waals surface area contributed by atoms with Gasteiger partial charge in [0, 0.05) is 11.1 Å². The highest BCUT2D eigenvalue weighted by Crippen LogP contribution is 2.28. The molecular formula is C21H16N2O3. The van der Waals surface area contributed by atoms with Crippen LogP contribution in [0.2, 0.25) is 0 Å². The van der Waals surface area contributed by atoms with Crippen molar-refractivity contribution in [3.05, 3.63) is 102 Å². The van der Waals surface area contributed by atoms with E-state index < -0.39 is 5.78 Å². The van der Waals surface area contributed by atoms with E-state index >= 15 is 0 Å². The lowest BCUT2D eigenvalue weighted by atomic mass is 10.1. The molecule has 0 atom stereocenters. The Balaban J connectivity index is 2.08. The van der Waals surface area contributed by atoms with Crippen molar-refractivity contribution in [2.75, 3.05) is 0 Å². The maximum Gasteiger partial charge on any atom is 0.217 e. The van der Waals surface area contributed by atoms with Gasteiger partial charge in [-0.05, 0) is 12.1 Å². The van der Waals surface area contributed by atoms with Crippen LogP contribution >= 0.6 is 0 Å². The fourth-order valence-electron chi connectivity index (χ4n) is 2.31. The average Bonchev–Trinajstić information content (AvgIpc) is 2.70. The van der Waals surface area contributed by atoms with Crippen molar-refractivity contribution < 1.29 is 15.0 Å². The topological polar surface area (TPSA) is 82.2 Å². The number of hydrogen-bond acceptors (Lipinski definition) is 5. The molecule has 0 aliphatic carbocycles. The van der Waals surface area contributed by atoms with E-state index in [4.69, 9.17) is 0 Å². The summed E-state index contributed by atoms with van der Waals surface area (Å²) in [5, 5.41) is 28.3. The molecule has 0 radical (unpaired) electrons. The second kappa shape index (κ2) is 7.90. The van der Waals surface area contributed by atoms with Crippen molar-refractivity contribution >= 4 is 17.2 Å². The van der Waals surface area contributed by atoms with Crippen LogP contribution in [0.3, 0.4) is 0 Å². The van der Waals surface area contributed by atoms with Crippen LogP contribution in [0.1, 0.15) is 15.9 Å². The zero-order valence-electron chi connectivity index (χ0n) is 13.8. The van der Waals surface area contributed by atoms with Crippen LogP contribution in [0.15, 0.2) is 101 Å². The van der Waals surface area contributed by atoms with Gasteiger partial charge >= 0.3 is 0 Å². The first-order valence-corrected chi connectivity index (χ1v) is 7.95. The van der Waals surface area contributed by atoms with Crippen LogP contribution in [-0.2, 0) is 0 Å².